The van der Waals surface area contributed by atoms with Crippen LogP contribution in [0.15, 0.2) is 11.6 Å². The lowest BCUT2D eigenvalue weighted by Crippen LogP contribution is -2.26. The molecule has 0 amide bonds. The van der Waals surface area contributed by atoms with Crippen LogP contribution in [0.3, 0.4) is 0 Å². The lowest BCUT2D eigenvalue weighted by molar-refractivity contribution is 0.136. The summed E-state index contributed by atoms with van der Waals surface area (Å²) in [6.07, 6.45) is 18.1. The number of rotatable bonds is 17. The van der Waals surface area contributed by atoms with E-state index in [2.05, 4.69) is 48.5 Å². The van der Waals surface area contributed by atoms with Gasteiger partial charge in [0.2, 0.25) is 0 Å². The van der Waals surface area contributed by atoms with Crippen LogP contribution in [-0.2, 0) is 0 Å². The van der Waals surface area contributed by atoms with E-state index in [-0.39, 0.29) is 29.7 Å². The lowest BCUT2D eigenvalue weighted by atomic mass is 9.68. The predicted molar refractivity (Wildman–Crippen MR) is 139 cm³/mol. The molecule has 0 fully saturated rings. The van der Waals surface area contributed by atoms with Crippen LogP contribution in [0.2, 0.25) is 0 Å². The van der Waals surface area contributed by atoms with Crippen molar-refractivity contribution in [1.82, 2.24) is 6.15 Å². The predicted octanol–water partition coefficient (Wildman–Crippen LogP) is 9.30. The zero-order valence-electron chi connectivity index (χ0n) is 21.1. The Morgan fingerprint density at radius 1 is 0.793 bits per heavy atom. The summed E-state index contributed by atoms with van der Waals surface area (Å²) < 4.78 is 0. The van der Waals surface area contributed by atoms with Gasteiger partial charge in [-0.3, -0.25) is 0 Å². The first kappa shape index (κ1) is 33.8. The van der Waals surface area contributed by atoms with Gasteiger partial charge in [-0.05, 0) is 42.9 Å². The minimum atomic E-state index is 0. The Labute approximate surface area is 195 Å². The maximum atomic E-state index is 8.91. The number of allylic oxidation sites excluding steroid dienone is 1. The molecule has 3 unspecified atom stereocenters. The second kappa shape index (κ2) is 20.1. The Morgan fingerprint density at radius 2 is 1.21 bits per heavy atom. The molecule has 0 spiro atoms. The van der Waals surface area contributed by atoms with E-state index in [1.807, 2.05) is 6.08 Å². The highest BCUT2D eigenvalue weighted by atomic mass is 79.9. The fraction of sp³-hybridized carbons (Fsp3) is 0.923. The molecule has 0 radical (unpaired) electrons. The molecule has 29 heavy (non-hydrogen) atoms. The topological polar surface area (TPSA) is 55.2 Å². The molecule has 0 saturated carbocycles. The van der Waals surface area contributed by atoms with Gasteiger partial charge in [0.05, 0.1) is 6.61 Å². The van der Waals surface area contributed by atoms with Crippen molar-refractivity contribution in [2.45, 2.75) is 126 Å². The van der Waals surface area contributed by atoms with E-state index in [0.29, 0.717) is 5.41 Å². The molecule has 0 rings (SSSR count). The minimum absolute atomic E-state index is 0. The molecule has 2 nitrogen and oxygen atoms in total. The molecule has 0 bridgehead atoms. The summed E-state index contributed by atoms with van der Waals surface area (Å²) >= 11 is 0. The largest absolute Gasteiger partial charge is 0.392 e. The molecular weight excluding hydrogens is 422 g/mol. The van der Waals surface area contributed by atoms with Gasteiger partial charge in [0.15, 0.2) is 0 Å². The molecule has 0 heterocycles. The average molecular weight is 479 g/mol. The Hall–Kier alpha value is 0.140. The van der Waals surface area contributed by atoms with Crippen LogP contribution in [0.4, 0.5) is 0 Å². The van der Waals surface area contributed by atoms with Gasteiger partial charge in [0.1, 0.15) is 0 Å². The van der Waals surface area contributed by atoms with Gasteiger partial charge in [0.25, 0.3) is 0 Å². The Balaban J connectivity index is -0.00000338. The number of aliphatic hydroxyl groups excluding tert-OH is 1. The minimum Gasteiger partial charge on any atom is -0.392 e. The number of aliphatic hydroxyl groups is 1. The first-order valence-electron chi connectivity index (χ1n) is 12.1. The smallest absolute Gasteiger partial charge is 0.0614 e. The summed E-state index contributed by atoms with van der Waals surface area (Å²) in [6.45, 7) is 16.9. The zero-order valence-corrected chi connectivity index (χ0v) is 22.8. The number of hydrogen-bond donors (Lipinski definition) is 2. The monoisotopic (exact) mass is 477 g/mol. The molecule has 178 valence electrons. The van der Waals surface area contributed by atoms with Crippen molar-refractivity contribution in [2.75, 3.05) is 6.61 Å². The first-order valence-corrected chi connectivity index (χ1v) is 12.1. The molecule has 4 N–H and O–H groups in total. The third-order valence-corrected chi connectivity index (χ3v) is 7.59. The van der Waals surface area contributed by atoms with Crippen LogP contribution >= 0.6 is 17.0 Å². The van der Waals surface area contributed by atoms with Crippen molar-refractivity contribution >= 4 is 17.0 Å². The van der Waals surface area contributed by atoms with E-state index in [9.17, 15) is 0 Å². The molecule has 0 aromatic carbocycles. The average Bonchev–Trinajstić information content (AvgIpc) is 2.64. The molecule has 0 aromatic rings. The molecule has 0 aliphatic heterocycles. The Kier molecular flexibility index (Phi) is 23.4. The van der Waals surface area contributed by atoms with E-state index >= 15 is 0 Å². The molecular formula is C26H56BrNO. The van der Waals surface area contributed by atoms with Crippen molar-refractivity contribution in [3.05, 3.63) is 11.6 Å². The molecule has 0 saturated heterocycles. The van der Waals surface area contributed by atoms with Crippen molar-refractivity contribution in [2.24, 2.45) is 23.2 Å². The summed E-state index contributed by atoms with van der Waals surface area (Å²) in [6, 6.07) is 0. The summed E-state index contributed by atoms with van der Waals surface area (Å²) in [7, 11) is 0. The van der Waals surface area contributed by atoms with Gasteiger partial charge >= 0.3 is 0 Å². The van der Waals surface area contributed by atoms with Crippen LogP contribution in [0.5, 0.6) is 0 Å². The summed E-state index contributed by atoms with van der Waals surface area (Å²) in [5.41, 5.74) is 1.93. The van der Waals surface area contributed by atoms with Crippen molar-refractivity contribution < 1.29 is 5.11 Å². The molecule has 0 aliphatic rings. The second-order valence-electron chi connectivity index (χ2n) is 9.52. The van der Waals surface area contributed by atoms with Crippen LogP contribution in [0.1, 0.15) is 126 Å². The van der Waals surface area contributed by atoms with Crippen LogP contribution in [-0.4, -0.2) is 11.7 Å². The number of halogens is 1. The van der Waals surface area contributed by atoms with Crippen LogP contribution in [0.25, 0.3) is 0 Å². The van der Waals surface area contributed by atoms with E-state index < -0.39 is 0 Å². The zero-order chi connectivity index (χ0) is 20.7. The molecule has 3 atom stereocenters. The highest BCUT2D eigenvalue weighted by molar-refractivity contribution is 8.93. The Bertz CT molecular complexity index is 371. The Morgan fingerprint density at radius 3 is 1.62 bits per heavy atom. The highest BCUT2D eigenvalue weighted by Gasteiger charge is 2.30. The first-order chi connectivity index (χ1) is 12.8. The van der Waals surface area contributed by atoms with E-state index in [1.54, 1.807) is 0 Å². The maximum Gasteiger partial charge on any atom is 0.0614 e. The van der Waals surface area contributed by atoms with Gasteiger partial charge in [-0.25, -0.2) is 0 Å². The molecule has 0 aromatic heterocycles. The van der Waals surface area contributed by atoms with Gasteiger partial charge in [-0.15, -0.1) is 17.0 Å². The van der Waals surface area contributed by atoms with Crippen molar-refractivity contribution in [1.29, 1.82) is 0 Å². The third-order valence-electron chi connectivity index (χ3n) is 7.59. The maximum absolute atomic E-state index is 8.91. The van der Waals surface area contributed by atoms with Gasteiger partial charge in [0, 0.05) is 0 Å². The van der Waals surface area contributed by atoms with Gasteiger partial charge in [-0.1, -0.05) is 117 Å². The summed E-state index contributed by atoms with van der Waals surface area (Å²) in [5.74, 6) is 2.60. The lowest BCUT2D eigenvalue weighted by Gasteiger charge is -2.37. The standard InChI is InChI=1S/C26H52O.BrH.H3N/c1-8-26(9-2,10-3)25(7)19-13-18-23(5)15-11-14-22(4)16-12-17-24(6)20-21-27;;/h20,22-23,25,27H,8-19,21H2,1-7H3;1H;1H3/b24-20+;;. The second-order valence-corrected chi connectivity index (χ2v) is 9.52. The quantitative estimate of drug-likeness (QED) is 0.205. The summed E-state index contributed by atoms with van der Waals surface area (Å²) in [5, 5.41) is 8.91. The van der Waals surface area contributed by atoms with Crippen molar-refractivity contribution in [3.8, 4) is 0 Å². The fourth-order valence-electron chi connectivity index (χ4n) is 4.96. The molecule has 3 heteroatoms. The van der Waals surface area contributed by atoms with Crippen molar-refractivity contribution in [3.63, 3.8) is 0 Å². The van der Waals surface area contributed by atoms with E-state index in [1.165, 1.54) is 76.2 Å². The van der Waals surface area contributed by atoms with Crippen LogP contribution < -0.4 is 6.15 Å². The number of hydrogen-bond acceptors (Lipinski definition) is 2. The third kappa shape index (κ3) is 14.7. The van der Waals surface area contributed by atoms with Gasteiger partial charge in [-0.2, -0.15) is 0 Å². The summed E-state index contributed by atoms with van der Waals surface area (Å²) in [4.78, 5) is 0. The highest BCUT2D eigenvalue weighted by Crippen LogP contribution is 2.41. The fourth-order valence-corrected chi connectivity index (χ4v) is 4.96. The van der Waals surface area contributed by atoms with Gasteiger partial charge < -0.3 is 11.3 Å². The SMILES string of the molecule is Br.CCC(CC)(CC)C(C)CCCC(C)CCCC(C)CCC/C(C)=C/CO.N. The molecule has 0 aliphatic carbocycles. The van der Waals surface area contributed by atoms with E-state index in [0.717, 1.165) is 24.2 Å². The normalized spacial score (nSPS) is 15.2. The van der Waals surface area contributed by atoms with Crippen LogP contribution in [0, 0.1) is 23.2 Å². The van der Waals surface area contributed by atoms with E-state index in [4.69, 9.17) is 5.11 Å².